The number of nitrogens with one attached hydrogen (secondary N) is 1. The lowest BCUT2D eigenvalue weighted by molar-refractivity contribution is -0.148. The minimum Gasteiger partial charge on any atom is -0.480 e. The lowest BCUT2D eigenvalue weighted by atomic mass is 9.98. The molecule has 2 saturated carbocycles. The first-order valence-electron chi connectivity index (χ1n) is 11.9. The van der Waals surface area contributed by atoms with E-state index in [9.17, 15) is 19.5 Å². The Hall–Kier alpha value is -3.35. The van der Waals surface area contributed by atoms with E-state index in [2.05, 4.69) is 29.6 Å². The first-order chi connectivity index (χ1) is 16.3. The van der Waals surface area contributed by atoms with Gasteiger partial charge in [0.25, 0.3) is 0 Å². The number of rotatable bonds is 7. The number of alkyl carbamates (subject to hydrolysis) is 1. The van der Waals surface area contributed by atoms with Crippen molar-refractivity contribution >= 4 is 18.0 Å². The van der Waals surface area contributed by atoms with E-state index in [4.69, 9.17) is 4.74 Å². The van der Waals surface area contributed by atoms with Gasteiger partial charge < -0.3 is 20.1 Å². The van der Waals surface area contributed by atoms with Gasteiger partial charge in [-0.05, 0) is 61.3 Å². The minimum atomic E-state index is -1.01. The molecule has 3 aliphatic carbocycles. The van der Waals surface area contributed by atoms with Crippen LogP contribution >= 0.6 is 0 Å². The third-order valence-corrected chi connectivity index (χ3v) is 7.69. The summed E-state index contributed by atoms with van der Waals surface area (Å²) in [5.41, 5.74) is 4.14. The molecule has 178 valence electrons. The van der Waals surface area contributed by atoms with E-state index < -0.39 is 17.5 Å². The summed E-state index contributed by atoms with van der Waals surface area (Å²) in [4.78, 5) is 38.5. The fourth-order valence-electron chi connectivity index (χ4n) is 5.99. The first-order valence-corrected chi connectivity index (χ1v) is 11.9. The highest BCUT2D eigenvalue weighted by Crippen LogP contribution is 2.64. The van der Waals surface area contributed by atoms with Crippen LogP contribution in [-0.4, -0.2) is 53.2 Å². The highest BCUT2D eigenvalue weighted by Gasteiger charge is 2.66. The number of carboxylic acids is 1. The molecule has 0 heterocycles. The molecule has 2 N–H and O–H groups in total. The Kier molecular flexibility index (Phi) is 5.58. The average molecular weight is 463 g/mol. The monoisotopic (exact) mass is 462 g/mol. The Bertz CT molecular complexity index is 1100. The molecule has 7 nitrogen and oxygen atoms in total. The highest BCUT2D eigenvalue weighted by atomic mass is 16.5. The van der Waals surface area contributed by atoms with Crippen molar-refractivity contribution in [2.75, 3.05) is 13.2 Å². The third-order valence-electron chi connectivity index (χ3n) is 7.69. The van der Waals surface area contributed by atoms with Gasteiger partial charge in [0.2, 0.25) is 5.91 Å². The van der Waals surface area contributed by atoms with Crippen molar-refractivity contribution in [2.24, 2.45) is 11.3 Å². The van der Waals surface area contributed by atoms with Crippen LogP contribution in [-0.2, 0) is 14.3 Å². The molecule has 5 rings (SSSR count). The van der Waals surface area contributed by atoms with E-state index in [0.29, 0.717) is 6.42 Å². The van der Waals surface area contributed by atoms with Crippen LogP contribution in [0.4, 0.5) is 4.79 Å². The quantitative estimate of drug-likeness (QED) is 0.648. The molecule has 3 unspecified atom stereocenters. The van der Waals surface area contributed by atoms with E-state index >= 15 is 0 Å². The van der Waals surface area contributed by atoms with E-state index in [1.807, 2.05) is 38.1 Å². The zero-order chi connectivity index (χ0) is 24.0. The molecular weight excluding hydrogens is 432 g/mol. The summed E-state index contributed by atoms with van der Waals surface area (Å²) < 4.78 is 5.66. The topological polar surface area (TPSA) is 95.9 Å². The van der Waals surface area contributed by atoms with Gasteiger partial charge >= 0.3 is 12.1 Å². The van der Waals surface area contributed by atoms with E-state index in [-0.39, 0.29) is 43.0 Å². The van der Waals surface area contributed by atoms with Crippen molar-refractivity contribution in [3.63, 3.8) is 0 Å². The zero-order valence-corrected chi connectivity index (χ0v) is 19.5. The average Bonchev–Trinajstić information content (AvgIpc) is 3.23. The number of aliphatic carboxylic acids is 1. The van der Waals surface area contributed by atoms with Crippen LogP contribution in [0, 0.1) is 11.3 Å². The van der Waals surface area contributed by atoms with Crippen LogP contribution in [0.1, 0.15) is 50.2 Å². The fraction of sp³-hybridized carbons (Fsp3) is 0.444. The molecule has 34 heavy (non-hydrogen) atoms. The van der Waals surface area contributed by atoms with Gasteiger partial charge in [-0.3, -0.25) is 9.59 Å². The van der Waals surface area contributed by atoms with Gasteiger partial charge in [0.05, 0.1) is 5.41 Å². The third kappa shape index (κ3) is 3.83. The maximum Gasteiger partial charge on any atom is 0.407 e. The van der Waals surface area contributed by atoms with Gasteiger partial charge in [-0.1, -0.05) is 48.5 Å². The van der Waals surface area contributed by atoms with Crippen molar-refractivity contribution in [3.05, 3.63) is 59.7 Å². The molecule has 0 aliphatic heterocycles. The maximum atomic E-state index is 13.2. The number of hydrogen-bond acceptors (Lipinski definition) is 4. The number of nitrogens with zero attached hydrogens (tertiary/aromatic N) is 1. The molecule has 0 saturated heterocycles. The Labute approximate surface area is 199 Å². The molecule has 7 heteroatoms. The Balaban J connectivity index is 1.20. The van der Waals surface area contributed by atoms with Gasteiger partial charge in [-0.25, -0.2) is 4.79 Å². The van der Waals surface area contributed by atoms with Crippen LogP contribution in [0.3, 0.4) is 0 Å². The number of carbonyl (C=O) groups is 3. The normalized spacial score (nSPS) is 24.2. The fourth-order valence-corrected chi connectivity index (χ4v) is 5.99. The Morgan fingerprint density at radius 3 is 2.26 bits per heavy atom. The standard InChI is InChI=1S/C27H30N2O5/c1-16(2)29(14-24(30)31)25(32)27-12-17(27)11-18(13-27)28-26(33)34-15-23-21-9-5-3-7-19(21)20-8-4-6-10-22(20)23/h3-10,16-18,23H,11-15H2,1-2H3,(H,28,33)(H,30,31). The highest BCUT2D eigenvalue weighted by molar-refractivity contribution is 5.89. The number of hydrogen-bond donors (Lipinski definition) is 2. The smallest absolute Gasteiger partial charge is 0.407 e. The second-order valence-electron chi connectivity index (χ2n) is 10.1. The Morgan fingerprint density at radius 1 is 1.06 bits per heavy atom. The second-order valence-corrected chi connectivity index (χ2v) is 10.1. The number of carbonyl (C=O) groups excluding carboxylic acids is 2. The van der Waals surface area contributed by atoms with E-state index in [1.54, 1.807) is 0 Å². The minimum absolute atomic E-state index is 0.00123. The largest absolute Gasteiger partial charge is 0.480 e. The number of ether oxygens (including phenoxy) is 1. The molecule has 3 atom stereocenters. The molecule has 2 aromatic rings. The SMILES string of the molecule is CC(C)N(CC(=O)O)C(=O)C12CC(NC(=O)OCC3c4ccccc4-c4ccccc43)CC1C2. The number of benzene rings is 2. The molecule has 0 spiro atoms. The Morgan fingerprint density at radius 2 is 1.68 bits per heavy atom. The van der Waals surface area contributed by atoms with E-state index in [1.165, 1.54) is 16.0 Å². The van der Waals surface area contributed by atoms with Crippen molar-refractivity contribution in [2.45, 2.75) is 51.1 Å². The molecular formula is C27H30N2O5. The molecule has 0 radical (unpaired) electrons. The van der Waals surface area contributed by atoms with E-state index in [0.717, 1.165) is 24.0 Å². The molecule has 2 aromatic carbocycles. The predicted octanol–water partition coefficient (Wildman–Crippen LogP) is 4.02. The van der Waals surface area contributed by atoms with Crippen LogP contribution in [0.5, 0.6) is 0 Å². The molecule has 0 aromatic heterocycles. The van der Waals surface area contributed by atoms with Gasteiger partial charge in [-0.15, -0.1) is 0 Å². The van der Waals surface area contributed by atoms with Crippen molar-refractivity contribution in [1.82, 2.24) is 10.2 Å². The van der Waals surface area contributed by atoms with Crippen LogP contribution < -0.4 is 5.32 Å². The summed E-state index contributed by atoms with van der Waals surface area (Å²) in [6, 6.07) is 16.1. The van der Waals surface area contributed by atoms with Crippen LogP contribution in [0.25, 0.3) is 11.1 Å². The second kappa shape index (κ2) is 8.46. The van der Waals surface area contributed by atoms with Gasteiger partial charge in [0.1, 0.15) is 13.2 Å². The molecule has 0 bridgehead atoms. The molecule has 2 fully saturated rings. The summed E-state index contributed by atoms with van der Waals surface area (Å²) in [5, 5.41) is 12.1. The van der Waals surface area contributed by atoms with Crippen molar-refractivity contribution in [1.29, 1.82) is 0 Å². The summed E-state index contributed by atoms with van der Waals surface area (Å²) in [6.07, 6.45) is 1.54. The first kappa shape index (κ1) is 22.4. The molecule has 3 aliphatic rings. The van der Waals surface area contributed by atoms with Gasteiger partial charge in [0.15, 0.2) is 0 Å². The molecule has 2 amide bonds. The lowest BCUT2D eigenvalue weighted by Gasteiger charge is -2.29. The number of carboxylic acid groups (broad SMARTS) is 1. The van der Waals surface area contributed by atoms with Crippen LogP contribution in [0.2, 0.25) is 0 Å². The summed E-state index contributed by atoms with van der Waals surface area (Å²) in [5.74, 6) is -0.929. The summed E-state index contributed by atoms with van der Waals surface area (Å²) in [7, 11) is 0. The van der Waals surface area contributed by atoms with Gasteiger partial charge in [-0.2, -0.15) is 0 Å². The zero-order valence-electron chi connectivity index (χ0n) is 19.5. The number of fused-ring (bicyclic) bond motifs is 4. The predicted molar refractivity (Wildman–Crippen MR) is 126 cm³/mol. The summed E-state index contributed by atoms with van der Waals surface area (Å²) in [6.45, 7) is 3.61. The lowest BCUT2D eigenvalue weighted by Crippen LogP contribution is -2.45. The van der Waals surface area contributed by atoms with Crippen molar-refractivity contribution in [3.8, 4) is 11.1 Å². The maximum absolute atomic E-state index is 13.2. The van der Waals surface area contributed by atoms with Crippen LogP contribution in [0.15, 0.2) is 48.5 Å². The van der Waals surface area contributed by atoms with Crippen molar-refractivity contribution < 1.29 is 24.2 Å². The summed E-state index contributed by atoms with van der Waals surface area (Å²) >= 11 is 0. The number of amides is 2. The van der Waals surface area contributed by atoms with Gasteiger partial charge in [0, 0.05) is 18.0 Å².